The Morgan fingerprint density at radius 1 is 1.00 bits per heavy atom. The fourth-order valence-electron chi connectivity index (χ4n) is 5.66. The third kappa shape index (κ3) is 4.81. The van der Waals surface area contributed by atoms with Gasteiger partial charge in [0, 0.05) is 44.3 Å². The maximum Gasteiger partial charge on any atom is 0.253 e. The molecule has 1 N–H and O–H groups in total. The van der Waals surface area contributed by atoms with Gasteiger partial charge in [-0.05, 0) is 48.7 Å². The van der Waals surface area contributed by atoms with Gasteiger partial charge in [0.2, 0.25) is 0 Å². The van der Waals surface area contributed by atoms with E-state index in [2.05, 4.69) is 31.2 Å². The molecule has 1 aromatic carbocycles. The summed E-state index contributed by atoms with van der Waals surface area (Å²) in [6.45, 7) is 5.89. The van der Waals surface area contributed by atoms with Crippen molar-refractivity contribution in [3.05, 3.63) is 76.7 Å². The van der Waals surface area contributed by atoms with Crippen molar-refractivity contribution >= 4 is 11.6 Å². The molecule has 2 aromatic heterocycles. The van der Waals surface area contributed by atoms with Crippen molar-refractivity contribution in [1.82, 2.24) is 20.2 Å². The number of carbonyl (C=O) groups excluding carboxylic acids is 1. The van der Waals surface area contributed by atoms with Crippen LogP contribution in [0.4, 0.5) is 14.5 Å². The third-order valence-electron chi connectivity index (χ3n) is 7.61. The van der Waals surface area contributed by atoms with Crippen molar-refractivity contribution in [2.75, 3.05) is 44.3 Å². The maximum absolute atomic E-state index is 14.5. The molecule has 0 saturated carbocycles. The van der Waals surface area contributed by atoms with E-state index >= 15 is 0 Å². The topological polar surface area (TPSA) is 70.6 Å². The van der Waals surface area contributed by atoms with Gasteiger partial charge in [0.25, 0.3) is 5.91 Å². The first-order chi connectivity index (χ1) is 18.1. The van der Waals surface area contributed by atoms with Crippen LogP contribution in [0.3, 0.4) is 0 Å². The van der Waals surface area contributed by atoms with Gasteiger partial charge in [-0.2, -0.15) is 0 Å². The summed E-state index contributed by atoms with van der Waals surface area (Å²) in [6, 6.07) is 9.99. The van der Waals surface area contributed by atoms with Crippen molar-refractivity contribution in [2.45, 2.75) is 31.8 Å². The molecule has 192 valence electrons. The summed E-state index contributed by atoms with van der Waals surface area (Å²) in [4.78, 5) is 26.5. The third-order valence-corrected chi connectivity index (χ3v) is 7.61. The maximum atomic E-state index is 14.5. The number of amides is 1. The number of hydrogen-bond acceptors (Lipinski definition) is 6. The molecule has 3 aliphatic heterocycles. The molecule has 0 unspecified atom stereocenters. The molecule has 7 nitrogen and oxygen atoms in total. The molecule has 0 spiro atoms. The fraction of sp³-hybridized carbons (Fsp3) is 0.393. The number of morpholine rings is 1. The average molecular weight is 506 g/mol. The number of aromatic nitrogens is 2. The average Bonchev–Trinajstić information content (AvgIpc) is 3.30. The van der Waals surface area contributed by atoms with E-state index in [4.69, 9.17) is 4.74 Å². The van der Waals surface area contributed by atoms with Crippen LogP contribution < -0.4 is 10.2 Å². The van der Waals surface area contributed by atoms with Gasteiger partial charge < -0.3 is 15.0 Å². The highest BCUT2D eigenvalue weighted by Crippen LogP contribution is 2.30. The quantitative estimate of drug-likeness (QED) is 0.572. The van der Waals surface area contributed by atoms with Gasteiger partial charge >= 0.3 is 0 Å². The number of nitrogens with one attached hydrogen (secondary N) is 1. The molecule has 2 fully saturated rings. The molecule has 0 bridgehead atoms. The first-order valence-electron chi connectivity index (χ1n) is 12.8. The van der Waals surface area contributed by atoms with Crippen molar-refractivity contribution in [3.63, 3.8) is 0 Å². The number of ether oxygens (including phenoxy) is 1. The van der Waals surface area contributed by atoms with E-state index in [1.54, 1.807) is 6.07 Å². The highest BCUT2D eigenvalue weighted by atomic mass is 19.1. The second-order valence-corrected chi connectivity index (χ2v) is 9.82. The van der Waals surface area contributed by atoms with E-state index in [9.17, 15) is 13.6 Å². The first kappa shape index (κ1) is 23.9. The standard InChI is InChI=1S/C28H29F2N5O2/c29-22-2-1-3-23(30)27(22)24-15-18(26-25(33-24)17-32-28(26)36)14-19-4-5-21(16-31-19)34-8-6-20(7-9-34)35-10-12-37-13-11-35/h1-5,15-16,20H,6-14,17H2,(H,32,36). The zero-order valence-corrected chi connectivity index (χ0v) is 20.6. The SMILES string of the molecule is O=C1NCc2nc(-c3c(F)cccc3F)cc(Cc3ccc(N4CCC(N5CCOCC5)CC4)cn3)c21. The summed E-state index contributed by atoms with van der Waals surface area (Å²) in [5.41, 5.74) is 3.48. The summed E-state index contributed by atoms with van der Waals surface area (Å²) >= 11 is 0. The van der Waals surface area contributed by atoms with E-state index in [0.717, 1.165) is 63.6 Å². The smallest absolute Gasteiger partial charge is 0.253 e. The van der Waals surface area contributed by atoms with Gasteiger partial charge in [-0.25, -0.2) is 13.8 Å². The minimum Gasteiger partial charge on any atom is -0.379 e. The monoisotopic (exact) mass is 505 g/mol. The molecular weight excluding hydrogens is 476 g/mol. The van der Waals surface area contributed by atoms with E-state index in [1.165, 1.54) is 18.2 Å². The van der Waals surface area contributed by atoms with Crippen LogP contribution in [0.5, 0.6) is 0 Å². The molecule has 37 heavy (non-hydrogen) atoms. The van der Waals surface area contributed by atoms with Crippen molar-refractivity contribution in [3.8, 4) is 11.3 Å². The Labute approximate surface area is 214 Å². The molecule has 0 atom stereocenters. The normalized spacial score (nSPS) is 18.6. The number of halogens is 2. The van der Waals surface area contributed by atoms with Crippen molar-refractivity contribution < 1.29 is 18.3 Å². The van der Waals surface area contributed by atoms with Gasteiger partial charge in [0.15, 0.2) is 0 Å². The van der Waals surface area contributed by atoms with Crippen LogP contribution in [-0.2, 0) is 17.7 Å². The predicted octanol–water partition coefficient (Wildman–Crippen LogP) is 3.56. The number of piperidine rings is 1. The van der Waals surface area contributed by atoms with Gasteiger partial charge in [-0.1, -0.05) is 6.07 Å². The number of fused-ring (bicyclic) bond motifs is 1. The summed E-state index contributed by atoms with van der Waals surface area (Å²) in [5.74, 6) is -1.59. The molecular formula is C28H29F2N5O2. The Hall–Kier alpha value is -3.43. The summed E-state index contributed by atoms with van der Waals surface area (Å²) in [5, 5.41) is 2.77. The van der Waals surface area contributed by atoms with E-state index < -0.39 is 11.6 Å². The number of rotatable bonds is 5. The van der Waals surface area contributed by atoms with Gasteiger partial charge in [-0.3, -0.25) is 14.7 Å². The molecule has 0 aliphatic carbocycles. The van der Waals surface area contributed by atoms with Gasteiger partial charge in [0.05, 0.1) is 54.2 Å². The second-order valence-electron chi connectivity index (χ2n) is 9.82. The van der Waals surface area contributed by atoms with Crippen LogP contribution in [0, 0.1) is 11.6 Å². The molecule has 1 amide bonds. The van der Waals surface area contributed by atoms with E-state index in [1.807, 2.05) is 12.3 Å². The van der Waals surface area contributed by atoms with Crippen molar-refractivity contribution in [2.24, 2.45) is 0 Å². The molecule has 3 aromatic rings. The Bertz CT molecular complexity index is 1280. The number of carbonyl (C=O) groups is 1. The summed E-state index contributed by atoms with van der Waals surface area (Å²) < 4.78 is 34.5. The number of pyridine rings is 2. The minimum absolute atomic E-state index is 0.181. The molecule has 5 heterocycles. The number of hydrogen-bond donors (Lipinski definition) is 1. The lowest BCUT2D eigenvalue weighted by atomic mass is 9.98. The first-order valence-corrected chi connectivity index (χ1v) is 12.8. The zero-order valence-electron chi connectivity index (χ0n) is 20.6. The lowest BCUT2D eigenvalue weighted by Crippen LogP contribution is -2.49. The molecule has 6 rings (SSSR count). The Morgan fingerprint density at radius 3 is 2.46 bits per heavy atom. The van der Waals surface area contributed by atoms with Crippen molar-refractivity contribution in [1.29, 1.82) is 0 Å². The second kappa shape index (κ2) is 10.1. The predicted molar refractivity (Wildman–Crippen MR) is 135 cm³/mol. The van der Waals surface area contributed by atoms with Crippen LogP contribution in [0.15, 0.2) is 42.6 Å². The molecule has 2 saturated heterocycles. The zero-order chi connectivity index (χ0) is 25.4. The highest BCUT2D eigenvalue weighted by molar-refractivity contribution is 5.99. The fourth-order valence-corrected chi connectivity index (χ4v) is 5.66. The number of benzene rings is 1. The Kier molecular flexibility index (Phi) is 6.56. The number of anilines is 1. The Morgan fingerprint density at radius 2 is 1.76 bits per heavy atom. The van der Waals surface area contributed by atoms with Crippen LogP contribution in [0.1, 0.15) is 40.2 Å². The minimum atomic E-state index is -0.685. The summed E-state index contributed by atoms with van der Waals surface area (Å²) in [6.07, 6.45) is 4.48. The lowest BCUT2D eigenvalue weighted by Gasteiger charge is -2.40. The lowest BCUT2D eigenvalue weighted by molar-refractivity contribution is 0.0115. The van der Waals surface area contributed by atoms with Crippen LogP contribution in [0.2, 0.25) is 0 Å². The molecule has 0 radical (unpaired) electrons. The molecule has 3 aliphatic rings. The highest BCUT2D eigenvalue weighted by Gasteiger charge is 2.28. The molecule has 9 heteroatoms. The largest absolute Gasteiger partial charge is 0.379 e. The van der Waals surface area contributed by atoms with Crippen LogP contribution in [-0.4, -0.2) is 66.2 Å². The van der Waals surface area contributed by atoms with Crippen LogP contribution >= 0.6 is 0 Å². The summed E-state index contributed by atoms with van der Waals surface area (Å²) in [7, 11) is 0. The van der Waals surface area contributed by atoms with E-state index in [0.29, 0.717) is 29.3 Å². The van der Waals surface area contributed by atoms with Gasteiger partial charge in [-0.15, -0.1) is 0 Å². The van der Waals surface area contributed by atoms with Crippen LogP contribution in [0.25, 0.3) is 11.3 Å². The van der Waals surface area contributed by atoms with E-state index in [-0.39, 0.29) is 23.7 Å². The van der Waals surface area contributed by atoms with Gasteiger partial charge in [0.1, 0.15) is 11.6 Å². The Balaban J connectivity index is 1.20. The number of nitrogens with zero attached hydrogens (tertiary/aromatic N) is 4.